The van der Waals surface area contributed by atoms with Crippen LogP contribution in [0.1, 0.15) is 35.2 Å². The van der Waals surface area contributed by atoms with Crippen LogP contribution in [0.3, 0.4) is 0 Å². The molecule has 1 heterocycles. The Morgan fingerprint density at radius 3 is 2.11 bits per heavy atom. The van der Waals surface area contributed by atoms with Crippen LogP contribution in [0, 0.1) is 13.8 Å². The topological polar surface area (TPSA) is 85.3 Å². The van der Waals surface area contributed by atoms with E-state index in [1.807, 2.05) is 39.0 Å². The number of ketones is 1. The van der Waals surface area contributed by atoms with Crippen molar-refractivity contribution in [3.05, 3.63) is 86.4 Å². The van der Waals surface area contributed by atoms with Crippen molar-refractivity contribution in [1.29, 1.82) is 0 Å². The number of hydrogen-bond acceptors (Lipinski definition) is 6. The number of halogens is 2. The molecule has 3 aromatic rings. The van der Waals surface area contributed by atoms with E-state index in [2.05, 4.69) is 0 Å². The number of nitrogens with zero attached hydrogens (tertiary/aromatic N) is 1. The zero-order valence-corrected chi connectivity index (χ0v) is 23.1. The fourth-order valence-electron chi connectivity index (χ4n) is 4.68. The number of carbonyl (C=O) groups is 2. The van der Waals surface area contributed by atoms with Gasteiger partial charge < -0.3 is 19.3 Å². The summed E-state index contributed by atoms with van der Waals surface area (Å²) in [5.74, 6) is -0.875. The second kappa shape index (κ2) is 11.0. The summed E-state index contributed by atoms with van der Waals surface area (Å²) in [7, 11) is 2.94. The molecule has 0 aromatic heterocycles. The van der Waals surface area contributed by atoms with E-state index in [1.165, 1.54) is 31.3 Å². The first-order valence-electron chi connectivity index (χ1n) is 11.8. The molecule has 1 atom stereocenters. The van der Waals surface area contributed by atoms with Gasteiger partial charge in [-0.05, 0) is 73.9 Å². The molecule has 1 aliphatic rings. The van der Waals surface area contributed by atoms with Crippen LogP contribution < -0.4 is 19.1 Å². The maximum absolute atomic E-state index is 13.5. The predicted molar refractivity (Wildman–Crippen MR) is 148 cm³/mol. The summed E-state index contributed by atoms with van der Waals surface area (Å²) in [6.45, 7) is 6.03. The number of amides is 1. The number of Topliss-reactive ketones (excluding diaryl/α,β-unsaturated/α-hetero) is 1. The summed E-state index contributed by atoms with van der Waals surface area (Å²) in [6.07, 6.45) is 0. The van der Waals surface area contributed by atoms with Crippen molar-refractivity contribution >= 4 is 46.3 Å². The van der Waals surface area contributed by atoms with Gasteiger partial charge in [0, 0.05) is 11.3 Å². The third-order valence-corrected chi connectivity index (χ3v) is 6.77. The Hall–Kier alpha value is -3.68. The average Bonchev–Trinajstić information content (AvgIpc) is 3.13. The lowest BCUT2D eigenvalue weighted by Crippen LogP contribution is -2.29. The summed E-state index contributed by atoms with van der Waals surface area (Å²) in [4.78, 5) is 28.4. The summed E-state index contributed by atoms with van der Waals surface area (Å²) < 4.78 is 16.4. The van der Waals surface area contributed by atoms with Gasteiger partial charge in [0.15, 0.2) is 17.2 Å². The van der Waals surface area contributed by atoms with Gasteiger partial charge in [0.25, 0.3) is 11.7 Å². The quantitative estimate of drug-likeness (QED) is 0.199. The van der Waals surface area contributed by atoms with Crippen molar-refractivity contribution in [3.63, 3.8) is 0 Å². The Balaban J connectivity index is 2.01. The van der Waals surface area contributed by atoms with Crippen LogP contribution in [-0.4, -0.2) is 37.6 Å². The number of benzene rings is 3. The lowest BCUT2D eigenvalue weighted by molar-refractivity contribution is -0.132. The van der Waals surface area contributed by atoms with Gasteiger partial charge in [0.1, 0.15) is 5.76 Å². The Kier molecular flexibility index (Phi) is 7.90. The van der Waals surface area contributed by atoms with Gasteiger partial charge in [-0.1, -0.05) is 35.3 Å². The highest BCUT2D eigenvalue weighted by atomic mass is 35.5. The number of ether oxygens (including phenoxy) is 3. The van der Waals surface area contributed by atoms with Gasteiger partial charge in [-0.25, -0.2) is 0 Å². The molecule has 1 saturated heterocycles. The molecular formula is C29H27Cl2NO6. The molecule has 1 amide bonds. The molecule has 0 aliphatic carbocycles. The van der Waals surface area contributed by atoms with Crippen LogP contribution in [0.4, 0.5) is 5.69 Å². The van der Waals surface area contributed by atoms with Crippen molar-refractivity contribution in [2.24, 2.45) is 0 Å². The molecule has 0 radical (unpaired) electrons. The molecule has 1 N–H and O–H groups in total. The molecule has 0 saturated carbocycles. The van der Waals surface area contributed by atoms with Gasteiger partial charge in [-0.3, -0.25) is 14.5 Å². The van der Waals surface area contributed by atoms with E-state index in [-0.39, 0.29) is 26.9 Å². The van der Waals surface area contributed by atoms with Crippen molar-refractivity contribution in [3.8, 4) is 17.2 Å². The summed E-state index contributed by atoms with van der Waals surface area (Å²) in [5, 5.41) is 11.8. The van der Waals surface area contributed by atoms with Crippen molar-refractivity contribution in [1.82, 2.24) is 0 Å². The zero-order chi connectivity index (χ0) is 27.7. The normalized spacial score (nSPS) is 16.6. The molecule has 198 valence electrons. The number of aliphatic hydroxyl groups excluding tert-OH is 1. The minimum absolute atomic E-state index is 0.112. The maximum atomic E-state index is 13.5. The van der Waals surface area contributed by atoms with Gasteiger partial charge in [0.05, 0.1) is 42.5 Å². The summed E-state index contributed by atoms with van der Waals surface area (Å²) >= 11 is 12.6. The van der Waals surface area contributed by atoms with Gasteiger partial charge in [-0.2, -0.15) is 0 Å². The second-order valence-corrected chi connectivity index (χ2v) is 9.65. The average molecular weight is 556 g/mol. The fourth-order valence-corrected chi connectivity index (χ4v) is 5.32. The van der Waals surface area contributed by atoms with Gasteiger partial charge >= 0.3 is 0 Å². The smallest absolute Gasteiger partial charge is 0.300 e. The van der Waals surface area contributed by atoms with Crippen LogP contribution in [-0.2, 0) is 9.59 Å². The Morgan fingerprint density at radius 1 is 0.921 bits per heavy atom. The standard InChI is InChI=1S/C29H27Cl2NO6/c1-6-38-23-14-17(7-8-22(23)36-4)25-24(26(33)18-12-20(30)28(37-5)21(31)13-18)27(34)29(35)32(25)19-10-15(2)9-16(3)11-19/h7-14,25,33H,6H2,1-5H3/b26-24+. The number of rotatable bonds is 7. The monoisotopic (exact) mass is 555 g/mol. The molecule has 1 aliphatic heterocycles. The van der Waals surface area contributed by atoms with Crippen LogP contribution >= 0.6 is 23.2 Å². The Morgan fingerprint density at radius 2 is 1.55 bits per heavy atom. The molecule has 7 nitrogen and oxygen atoms in total. The highest BCUT2D eigenvalue weighted by Gasteiger charge is 2.47. The third-order valence-electron chi connectivity index (χ3n) is 6.21. The molecule has 0 spiro atoms. The summed E-state index contributed by atoms with van der Waals surface area (Å²) in [6, 6.07) is 12.6. The molecule has 1 unspecified atom stereocenters. The first kappa shape index (κ1) is 27.4. The van der Waals surface area contributed by atoms with Gasteiger partial charge in [-0.15, -0.1) is 0 Å². The lowest BCUT2D eigenvalue weighted by atomic mass is 9.94. The van der Waals surface area contributed by atoms with E-state index < -0.39 is 23.5 Å². The molecule has 0 bridgehead atoms. The number of aliphatic hydroxyl groups is 1. The van der Waals surface area contributed by atoms with Gasteiger partial charge in [0.2, 0.25) is 0 Å². The Bertz CT molecular complexity index is 1420. The van der Waals surface area contributed by atoms with Crippen molar-refractivity contribution in [2.75, 3.05) is 25.7 Å². The second-order valence-electron chi connectivity index (χ2n) is 8.83. The van der Waals surface area contributed by atoms with Crippen molar-refractivity contribution in [2.45, 2.75) is 26.8 Å². The molecule has 38 heavy (non-hydrogen) atoms. The number of hydrogen-bond donors (Lipinski definition) is 1. The molecular weight excluding hydrogens is 529 g/mol. The highest BCUT2D eigenvalue weighted by Crippen LogP contribution is 2.45. The lowest BCUT2D eigenvalue weighted by Gasteiger charge is -2.27. The Labute approximate surface area is 231 Å². The summed E-state index contributed by atoms with van der Waals surface area (Å²) in [5.41, 5.74) is 2.95. The van der Waals surface area contributed by atoms with Crippen LogP contribution in [0.5, 0.6) is 17.2 Å². The van der Waals surface area contributed by atoms with Crippen LogP contribution in [0.25, 0.3) is 5.76 Å². The minimum atomic E-state index is -0.971. The molecule has 4 rings (SSSR count). The predicted octanol–water partition coefficient (Wildman–Crippen LogP) is 6.65. The number of anilines is 1. The first-order valence-corrected chi connectivity index (χ1v) is 12.6. The highest BCUT2D eigenvalue weighted by molar-refractivity contribution is 6.51. The SMILES string of the molecule is CCOc1cc(C2/C(=C(\O)c3cc(Cl)c(OC)c(Cl)c3)C(=O)C(=O)N2c2cc(C)cc(C)c2)ccc1OC. The number of methoxy groups -OCH3 is 2. The van der Waals surface area contributed by atoms with E-state index in [9.17, 15) is 14.7 Å². The first-order chi connectivity index (χ1) is 18.1. The largest absolute Gasteiger partial charge is 0.507 e. The van der Waals surface area contributed by atoms with Crippen LogP contribution in [0.2, 0.25) is 10.0 Å². The molecule has 9 heteroatoms. The molecule has 1 fully saturated rings. The number of carbonyl (C=O) groups excluding carboxylic acids is 2. The number of aryl methyl sites for hydroxylation is 2. The third kappa shape index (κ3) is 4.91. The van der Waals surface area contributed by atoms with E-state index in [0.29, 0.717) is 29.4 Å². The van der Waals surface area contributed by atoms with E-state index in [1.54, 1.807) is 18.2 Å². The van der Waals surface area contributed by atoms with E-state index in [4.69, 9.17) is 37.4 Å². The fraction of sp³-hybridized carbons (Fsp3) is 0.241. The van der Waals surface area contributed by atoms with Crippen molar-refractivity contribution < 1.29 is 28.9 Å². The van der Waals surface area contributed by atoms with E-state index >= 15 is 0 Å². The zero-order valence-electron chi connectivity index (χ0n) is 21.6. The van der Waals surface area contributed by atoms with Crippen LogP contribution in [0.15, 0.2) is 54.1 Å². The molecule has 3 aromatic carbocycles. The maximum Gasteiger partial charge on any atom is 0.300 e. The van der Waals surface area contributed by atoms with E-state index in [0.717, 1.165) is 11.1 Å². The minimum Gasteiger partial charge on any atom is -0.507 e.